The van der Waals surface area contributed by atoms with E-state index in [0.29, 0.717) is 12.8 Å². The molecule has 1 rings (SSSR count). The Labute approximate surface area is 296 Å². The first-order valence-corrected chi connectivity index (χ1v) is 19.0. The molecule has 10 nitrogen and oxygen atoms in total. The molecule has 1 amide bonds. The Bertz CT molecular complexity index is 922. The van der Waals surface area contributed by atoms with Crippen LogP contribution in [0, 0.1) is 0 Å². The summed E-state index contributed by atoms with van der Waals surface area (Å²) in [6.45, 7) is 3.46. The predicted octanol–water partition coefficient (Wildman–Crippen LogP) is 5.30. The second kappa shape index (κ2) is 29.8. The molecule has 0 radical (unpaired) electrons. The minimum Gasteiger partial charge on any atom is -0.394 e. The van der Waals surface area contributed by atoms with Crippen molar-refractivity contribution in [3.8, 4) is 0 Å². The molecule has 0 bridgehead atoms. The van der Waals surface area contributed by atoms with Gasteiger partial charge in [-0.25, -0.2) is 0 Å². The summed E-state index contributed by atoms with van der Waals surface area (Å²) in [6, 6.07) is -1.01. The second-order valence-corrected chi connectivity index (χ2v) is 13.1. The lowest BCUT2D eigenvalue weighted by Gasteiger charge is -2.40. The summed E-state index contributed by atoms with van der Waals surface area (Å²) < 4.78 is 11.0. The normalized spacial score (nSPS) is 23.6. The highest BCUT2D eigenvalue weighted by Crippen LogP contribution is 2.22. The van der Waals surface area contributed by atoms with Crippen molar-refractivity contribution in [1.82, 2.24) is 5.32 Å². The van der Waals surface area contributed by atoms with Gasteiger partial charge < -0.3 is 45.4 Å². The fourth-order valence-corrected chi connectivity index (χ4v) is 5.47. The molecule has 0 aliphatic carbocycles. The van der Waals surface area contributed by atoms with Crippen LogP contribution in [-0.2, 0) is 14.3 Å². The number of carbonyl (C=O) groups excluding carboxylic acids is 1. The number of aliphatic hydroxyl groups excluding tert-OH is 6. The second-order valence-electron chi connectivity index (χ2n) is 13.1. The van der Waals surface area contributed by atoms with Crippen LogP contribution >= 0.6 is 0 Å². The molecule has 1 fully saturated rings. The van der Waals surface area contributed by atoms with Crippen molar-refractivity contribution in [2.24, 2.45) is 0 Å². The number of carbonyl (C=O) groups is 1. The number of aliphatic hydroxyl groups is 6. The highest BCUT2D eigenvalue weighted by molar-refractivity contribution is 5.80. The van der Waals surface area contributed by atoms with Gasteiger partial charge >= 0.3 is 0 Å². The van der Waals surface area contributed by atoms with Gasteiger partial charge in [-0.1, -0.05) is 114 Å². The van der Waals surface area contributed by atoms with Crippen LogP contribution in [-0.4, -0.2) is 98.7 Å². The van der Waals surface area contributed by atoms with Crippen LogP contribution in [0.25, 0.3) is 0 Å². The zero-order chi connectivity index (χ0) is 36.1. The fraction of sp³-hybridized carbons (Fsp3) is 0.769. The first kappa shape index (κ1) is 45.1. The molecular formula is C39H69NO9. The summed E-state index contributed by atoms with van der Waals surface area (Å²) in [4.78, 5) is 12.9. The number of amides is 1. The highest BCUT2D eigenvalue weighted by Gasteiger charge is 2.44. The van der Waals surface area contributed by atoms with Crippen molar-refractivity contribution in [3.05, 3.63) is 48.6 Å². The largest absolute Gasteiger partial charge is 0.394 e. The molecule has 1 saturated heterocycles. The van der Waals surface area contributed by atoms with E-state index in [1.807, 2.05) is 6.08 Å². The minimum atomic E-state index is -1.62. The van der Waals surface area contributed by atoms with E-state index in [2.05, 4.69) is 55.6 Å². The van der Waals surface area contributed by atoms with Gasteiger partial charge in [-0.05, 0) is 64.2 Å². The van der Waals surface area contributed by atoms with Crippen molar-refractivity contribution in [1.29, 1.82) is 0 Å². The topological polar surface area (TPSA) is 169 Å². The van der Waals surface area contributed by atoms with Gasteiger partial charge in [-0.15, -0.1) is 0 Å². The maximum Gasteiger partial charge on any atom is 0.249 e. The maximum absolute atomic E-state index is 12.9. The molecule has 0 saturated carbocycles. The van der Waals surface area contributed by atoms with Crippen LogP contribution < -0.4 is 5.32 Å². The van der Waals surface area contributed by atoms with Crippen LogP contribution in [0.15, 0.2) is 48.6 Å². The summed E-state index contributed by atoms with van der Waals surface area (Å²) in [7, 11) is 0. The van der Waals surface area contributed by atoms with Gasteiger partial charge in [0.05, 0.1) is 25.4 Å². The Hall–Kier alpha value is -1.89. The average molecular weight is 696 g/mol. The van der Waals surface area contributed by atoms with E-state index in [9.17, 15) is 35.4 Å². The maximum atomic E-state index is 12.9. The van der Waals surface area contributed by atoms with Gasteiger partial charge in [0, 0.05) is 0 Å². The molecule has 1 heterocycles. The van der Waals surface area contributed by atoms with Gasteiger partial charge in [0.25, 0.3) is 0 Å². The van der Waals surface area contributed by atoms with E-state index >= 15 is 0 Å². The number of rotatable bonds is 29. The van der Waals surface area contributed by atoms with Gasteiger partial charge in [0.1, 0.15) is 30.5 Å². The first-order chi connectivity index (χ1) is 23.8. The Morgan fingerprint density at radius 1 is 0.694 bits per heavy atom. The van der Waals surface area contributed by atoms with E-state index in [4.69, 9.17) is 9.47 Å². The summed E-state index contributed by atoms with van der Waals surface area (Å²) in [5.74, 6) is -0.653. The van der Waals surface area contributed by atoms with Crippen LogP contribution in [0.5, 0.6) is 0 Å². The van der Waals surface area contributed by atoms with Crippen molar-refractivity contribution < 1.29 is 44.9 Å². The standard InChI is InChI=1S/C39H69NO9/c1-3-5-7-9-11-13-15-17-19-21-23-25-27-32(42)31(30-48-39-37(46)36(45)35(44)34(29-41)49-39)40-38(47)33(43)28-26-24-22-20-18-16-14-12-10-8-6-4-2/h9,11,17-20,25,27,31-37,39,41-46H,3-8,10,12-16,21-24,26,28-30H2,1-2H3,(H,40,47)/b11-9+,19-17+,20-18-,27-25+. The molecular weight excluding hydrogens is 626 g/mol. The highest BCUT2D eigenvalue weighted by atomic mass is 16.7. The number of allylic oxidation sites excluding steroid dienone is 7. The van der Waals surface area contributed by atoms with E-state index in [0.717, 1.165) is 44.9 Å². The average Bonchev–Trinajstić information content (AvgIpc) is 3.10. The fourth-order valence-electron chi connectivity index (χ4n) is 5.47. The number of hydrogen-bond donors (Lipinski definition) is 7. The third kappa shape index (κ3) is 21.2. The van der Waals surface area contributed by atoms with Crippen molar-refractivity contribution >= 4 is 5.91 Å². The van der Waals surface area contributed by atoms with Crippen molar-refractivity contribution in [3.63, 3.8) is 0 Å². The lowest BCUT2D eigenvalue weighted by Crippen LogP contribution is -2.60. The molecule has 8 atom stereocenters. The number of ether oxygens (including phenoxy) is 2. The van der Waals surface area contributed by atoms with Crippen LogP contribution in [0.2, 0.25) is 0 Å². The third-order valence-electron chi connectivity index (χ3n) is 8.71. The summed E-state index contributed by atoms with van der Waals surface area (Å²) in [5.41, 5.74) is 0. The molecule has 1 aliphatic heterocycles. The van der Waals surface area contributed by atoms with E-state index < -0.39 is 61.5 Å². The van der Waals surface area contributed by atoms with E-state index in [-0.39, 0.29) is 13.0 Å². The summed E-state index contributed by atoms with van der Waals surface area (Å²) >= 11 is 0. The van der Waals surface area contributed by atoms with E-state index in [1.54, 1.807) is 6.08 Å². The lowest BCUT2D eigenvalue weighted by atomic mass is 9.99. The smallest absolute Gasteiger partial charge is 0.249 e. The minimum absolute atomic E-state index is 0.268. The molecule has 7 N–H and O–H groups in total. The number of unbranched alkanes of at least 4 members (excludes halogenated alkanes) is 12. The molecule has 0 spiro atoms. The zero-order valence-corrected chi connectivity index (χ0v) is 30.3. The Kier molecular flexibility index (Phi) is 27.4. The SMILES string of the molecule is CCCC/C=C/CC/C=C/CC/C=C/C(O)C(COC1OC(CO)C(O)C(O)C1O)NC(=O)C(O)CCCC/C=C\CCCCCCCC. The molecule has 0 aromatic rings. The lowest BCUT2D eigenvalue weighted by molar-refractivity contribution is -0.302. The molecule has 49 heavy (non-hydrogen) atoms. The van der Waals surface area contributed by atoms with Crippen LogP contribution in [0.1, 0.15) is 129 Å². The van der Waals surface area contributed by atoms with Gasteiger partial charge in [-0.2, -0.15) is 0 Å². The molecule has 284 valence electrons. The third-order valence-corrected chi connectivity index (χ3v) is 8.71. The van der Waals surface area contributed by atoms with E-state index in [1.165, 1.54) is 51.4 Å². The zero-order valence-electron chi connectivity index (χ0n) is 30.3. The molecule has 0 aromatic heterocycles. The van der Waals surface area contributed by atoms with Crippen molar-refractivity contribution in [2.45, 2.75) is 178 Å². The predicted molar refractivity (Wildman–Crippen MR) is 195 cm³/mol. The molecule has 8 unspecified atom stereocenters. The van der Waals surface area contributed by atoms with Crippen LogP contribution in [0.4, 0.5) is 0 Å². The monoisotopic (exact) mass is 695 g/mol. The summed E-state index contributed by atoms with van der Waals surface area (Å²) in [5, 5.41) is 64.1. The molecule has 0 aromatic carbocycles. The van der Waals surface area contributed by atoms with Crippen molar-refractivity contribution in [2.75, 3.05) is 13.2 Å². The first-order valence-electron chi connectivity index (χ1n) is 19.0. The Morgan fingerprint density at radius 3 is 1.84 bits per heavy atom. The Balaban J connectivity index is 2.60. The van der Waals surface area contributed by atoms with Gasteiger partial charge in [0.2, 0.25) is 5.91 Å². The molecule has 10 heteroatoms. The van der Waals surface area contributed by atoms with Crippen LogP contribution in [0.3, 0.4) is 0 Å². The summed E-state index contributed by atoms with van der Waals surface area (Å²) in [6.07, 6.45) is 25.0. The molecule has 1 aliphatic rings. The quantitative estimate of drug-likeness (QED) is 0.0406. The Morgan fingerprint density at radius 2 is 1.22 bits per heavy atom. The number of hydrogen-bond acceptors (Lipinski definition) is 9. The van der Waals surface area contributed by atoms with Gasteiger partial charge in [-0.3, -0.25) is 4.79 Å². The number of nitrogens with one attached hydrogen (secondary N) is 1. The van der Waals surface area contributed by atoms with Gasteiger partial charge in [0.15, 0.2) is 6.29 Å².